The van der Waals surface area contributed by atoms with Crippen molar-refractivity contribution in [2.24, 2.45) is 0 Å². The summed E-state index contributed by atoms with van der Waals surface area (Å²) in [4.78, 5) is 14.8. The fraction of sp³-hybridized carbons (Fsp3) is 0.261. The SMILES string of the molecule is CCN(CC)S(=O)(=O)c1cc(C(=O)N(C)c2cccc3ccccc23)ccc1OC. The van der Waals surface area contributed by atoms with Gasteiger partial charge in [-0.25, -0.2) is 8.42 Å². The molecular formula is C23H26N2O4S. The zero-order valence-electron chi connectivity index (χ0n) is 17.6. The maximum atomic E-state index is 13.3. The Kier molecular flexibility index (Phi) is 6.43. The van der Waals surface area contributed by atoms with Gasteiger partial charge in [0.1, 0.15) is 10.6 Å². The zero-order valence-corrected chi connectivity index (χ0v) is 18.4. The van der Waals surface area contributed by atoms with Crippen LogP contribution in [0.4, 0.5) is 5.69 Å². The lowest BCUT2D eigenvalue weighted by molar-refractivity contribution is 0.0993. The highest BCUT2D eigenvalue weighted by molar-refractivity contribution is 7.89. The van der Waals surface area contributed by atoms with Gasteiger partial charge in [0.25, 0.3) is 5.91 Å². The molecule has 6 nitrogen and oxygen atoms in total. The molecule has 0 radical (unpaired) electrons. The van der Waals surface area contributed by atoms with Gasteiger partial charge in [0.05, 0.1) is 12.8 Å². The molecule has 0 aromatic heterocycles. The molecule has 3 aromatic carbocycles. The molecule has 158 valence electrons. The molecule has 0 aliphatic rings. The smallest absolute Gasteiger partial charge is 0.258 e. The number of rotatable bonds is 7. The molecule has 3 rings (SSSR count). The predicted molar refractivity (Wildman–Crippen MR) is 120 cm³/mol. The number of anilines is 1. The van der Waals surface area contributed by atoms with Crippen LogP contribution in [0.25, 0.3) is 10.8 Å². The highest BCUT2D eigenvalue weighted by atomic mass is 32.2. The number of amides is 1. The van der Waals surface area contributed by atoms with Crippen molar-refractivity contribution >= 4 is 32.4 Å². The summed E-state index contributed by atoms with van der Waals surface area (Å²) in [5.41, 5.74) is 1.03. The molecule has 7 heteroatoms. The number of methoxy groups -OCH3 is 1. The maximum Gasteiger partial charge on any atom is 0.258 e. The average molecular weight is 427 g/mol. The van der Waals surface area contributed by atoms with E-state index in [0.717, 1.165) is 16.5 Å². The third-order valence-electron chi connectivity index (χ3n) is 5.17. The van der Waals surface area contributed by atoms with Gasteiger partial charge in [0, 0.05) is 31.1 Å². The second kappa shape index (κ2) is 8.85. The standard InChI is InChI=1S/C23H26N2O4S/c1-5-25(6-2)30(27,28)22-16-18(14-15-21(22)29-4)23(26)24(3)20-13-9-11-17-10-7-8-12-19(17)20/h7-16H,5-6H2,1-4H3. The van der Waals surface area contributed by atoms with Crippen molar-refractivity contribution in [2.45, 2.75) is 18.7 Å². The van der Waals surface area contributed by atoms with Gasteiger partial charge >= 0.3 is 0 Å². The first kappa shape index (κ1) is 21.8. The molecule has 0 unspecified atom stereocenters. The van der Waals surface area contributed by atoms with Gasteiger partial charge in [0.15, 0.2) is 0 Å². The van der Waals surface area contributed by atoms with Gasteiger partial charge in [-0.05, 0) is 29.7 Å². The molecule has 0 fully saturated rings. The Morgan fingerprint density at radius 1 is 0.967 bits per heavy atom. The number of hydrogen-bond donors (Lipinski definition) is 0. The van der Waals surface area contributed by atoms with E-state index in [1.54, 1.807) is 27.0 Å². The third-order valence-corrected chi connectivity index (χ3v) is 7.24. The van der Waals surface area contributed by atoms with Crippen molar-refractivity contribution < 1.29 is 17.9 Å². The number of fused-ring (bicyclic) bond motifs is 1. The van der Waals surface area contributed by atoms with E-state index in [9.17, 15) is 13.2 Å². The molecule has 0 spiro atoms. The number of sulfonamides is 1. The van der Waals surface area contributed by atoms with Crippen LogP contribution >= 0.6 is 0 Å². The summed E-state index contributed by atoms with van der Waals surface area (Å²) in [7, 11) is -0.683. The predicted octanol–water partition coefficient (Wildman–Crippen LogP) is 4.16. The quantitative estimate of drug-likeness (QED) is 0.569. The number of carbonyl (C=O) groups excluding carboxylic acids is 1. The van der Waals surface area contributed by atoms with Crippen molar-refractivity contribution in [3.05, 3.63) is 66.2 Å². The van der Waals surface area contributed by atoms with Gasteiger partial charge < -0.3 is 9.64 Å². The van der Waals surface area contributed by atoms with Crippen molar-refractivity contribution in [2.75, 3.05) is 32.1 Å². The summed E-state index contributed by atoms with van der Waals surface area (Å²) in [6, 6.07) is 18.1. The molecule has 0 bridgehead atoms. The van der Waals surface area contributed by atoms with Crippen LogP contribution in [0.2, 0.25) is 0 Å². The molecule has 0 aliphatic carbocycles. The Bertz CT molecular complexity index is 1170. The minimum atomic E-state index is -3.79. The van der Waals surface area contributed by atoms with Crippen molar-refractivity contribution in [3.8, 4) is 5.75 Å². The topological polar surface area (TPSA) is 66.9 Å². The fourth-order valence-corrected chi connectivity index (χ4v) is 5.16. The molecule has 0 N–H and O–H groups in total. The van der Waals surface area contributed by atoms with E-state index >= 15 is 0 Å². The Morgan fingerprint density at radius 3 is 2.30 bits per heavy atom. The average Bonchev–Trinajstić information content (AvgIpc) is 2.77. The normalized spacial score (nSPS) is 11.6. The highest BCUT2D eigenvalue weighted by Gasteiger charge is 2.27. The van der Waals surface area contributed by atoms with Crippen molar-refractivity contribution in [1.82, 2.24) is 4.31 Å². The summed E-state index contributed by atoms with van der Waals surface area (Å²) in [6.45, 7) is 4.21. The van der Waals surface area contributed by atoms with Crippen LogP contribution in [0, 0.1) is 0 Å². The van der Waals surface area contributed by atoms with E-state index in [2.05, 4.69) is 0 Å². The van der Waals surface area contributed by atoms with Crippen LogP contribution in [0.15, 0.2) is 65.6 Å². The highest BCUT2D eigenvalue weighted by Crippen LogP contribution is 2.30. The summed E-state index contributed by atoms with van der Waals surface area (Å²) in [5, 5.41) is 1.97. The number of carbonyl (C=O) groups is 1. The van der Waals surface area contributed by atoms with Crippen LogP contribution in [-0.4, -0.2) is 45.9 Å². The van der Waals surface area contributed by atoms with Crippen LogP contribution in [-0.2, 0) is 10.0 Å². The number of ether oxygens (including phenoxy) is 1. The van der Waals surface area contributed by atoms with Crippen LogP contribution < -0.4 is 9.64 Å². The number of benzene rings is 3. The second-order valence-electron chi connectivity index (χ2n) is 6.82. The lowest BCUT2D eigenvalue weighted by Gasteiger charge is -2.22. The second-order valence-corrected chi connectivity index (χ2v) is 8.72. The zero-order chi connectivity index (χ0) is 21.9. The molecule has 0 saturated heterocycles. The summed E-state index contributed by atoms with van der Waals surface area (Å²) >= 11 is 0. The minimum Gasteiger partial charge on any atom is -0.495 e. The van der Waals surface area contributed by atoms with E-state index < -0.39 is 10.0 Å². The van der Waals surface area contributed by atoms with Gasteiger partial charge in [-0.15, -0.1) is 0 Å². The molecule has 1 amide bonds. The van der Waals surface area contributed by atoms with E-state index in [4.69, 9.17) is 4.74 Å². The minimum absolute atomic E-state index is 0.00845. The monoisotopic (exact) mass is 426 g/mol. The maximum absolute atomic E-state index is 13.3. The van der Waals surface area contributed by atoms with E-state index in [-0.39, 0.29) is 22.1 Å². The lowest BCUT2D eigenvalue weighted by atomic mass is 10.1. The molecule has 0 aliphatic heterocycles. The molecule has 0 atom stereocenters. The van der Waals surface area contributed by atoms with Crippen LogP contribution in [0.1, 0.15) is 24.2 Å². The first-order chi connectivity index (χ1) is 14.3. The van der Waals surface area contributed by atoms with Crippen LogP contribution in [0.5, 0.6) is 5.75 Å². The van der Waals surface area contributed by atoms with Gasteiger partial charge in [-0.1, -0.05) is 50.2 Å². The largest absolute Gasteiger partial charge is 0.495 e. The summed E-state index contributed by atoms with van der Waals surface area (Å²) in [6.07, 6.45) is 0. The number of hydrogen-bond acceptors (Lipinski definition) is 4. The first-order valence-electron chi connectivity index (χ1n) is 9.79. The Hall–Kier alpha value is -2.90. The third kappa shape index (κ3) is 3.91. The van der Waals surface area contributed by atoms with E-state index in [1.165, 1.54) is 28.4 Å². The van der Waals surface area contributed by atoms with Gasteiger partial charge in [0.2, 0.25) is 10.0 Å². The van der Waals surface area contributed by atoms with Gasteiger partial charge in [-0.3, -0.25) is 4.79 Å². The van der Waals surface area contributed by atoms with Gasteiger partial charge in [-0.2, -0.15) is 4.31 Å². The summed E-state index contributed by atoms with van der Waals surface area (Å²) in [5.74, 6) is -0.0868. The van der Waals surface area contributed by atoms with Crippen molar-refractivity contribution in [3.63, 3.8) is 0 Å². The Labute approximate surface area is 177 Å². The molecule has 30 heavy (non-hydrogen) atoms. The molecule has 0 heterocycles. The van der Waals surface area contributed by atoms with Crippen LogP contribution in [0.3, 0.4) is 0 Å². The molecule has 0 saturated carbocycles. The Morgan fingerprint density at radius 2 is 1.63 bits per heavy atom. The summed E-state index contributed by atoms with van der Waals surface area (Å²) < 4.78 is 32.8. The fourth-order valence-electron chi connectivity index (χ4n) is 3.52. The number of nitrogens with zero attached hydrogens (tertiary/aromatic N) is 2. The lowest BCUT2D eigenvalue weighted by Crippen LogP contribution is -2.31. The van der Waals surface area contributed by atoms with E-state index in [1.807, 2.05) is 42.5 Å². The van der Waals surface area contributed by atoms with Crippen molar-refractivity contribution in [1.29, 1.82) is 0 Å². The first-order valence-corrected chi connectivity index (χ1v) is 11.2. The molecule has 3 aromatic rings. The molecular weight excluding hydrogens is 400 g/mol. The van der Waals surface area contributed by atoms with E-state index in [0.29, 0.717) is 13.1 Å². The Balaban J connectivity index is 2.06.